The number of nitrogens with two attached hydrogens (primary N) is 2. The number of rotatable bonds is 10. The fourth-order valence-electron chi connectivity index (χ4n) is 3.52. The van der Waals surface area contributed by atoms with E-state index in [4.69, 9.17) is 11.5 Å². The van der Waals surface area contributed by atoms with Crippen molar-refractivity contribution in [3.8, 4) is 0 Å². The van der Waals surface area contributed by atoms with Crippen LogP contribution in [0.4, 0.5) is 0 Å². The summed E-state index contributed by atoms with van der Waals surface area (Å²) in [7, 11) is 0. The van der Waals surface area contributed by atoms with Gasteiger partial charge in [0, 0.05) is 13.0 Å². The van der Waals surface area contributed by atoms with E-state index in [2.05, 4.69) is 10.6 Å². The molecule has 1 saturated heterocycles. The summed E-state index contributed by atoms with van der Waals surface area (Å²) in [6, 6.07) is 4.54. The molecule has 11 nitrogen and oxygen atoms in total. The number of nitrogens with zero attached hydrogens (tertiary/aromatic N) is 1. The molecule has 174 valence electrons. The third-order valence-electron chi connectivity index (χ3n) is 5.17. The summed E-state index contributed by atoms with van der Waals surface area (Å²) >= 11 is 0. The number of aliphatic carboxylic acids is 1. The summed E-state index contributed by atoms with van der Waals surface area (Å²) in [6.45, 7) is 1.67. The fraction of sp³-hybridized carbons (Fsp3) is 0.476. The van der Waals surface area contributed by atoms with Crippen LogP contribution in [-0.4, -0.2) is 70.3 Å². The number of benzene rings is 1. The highest BCUT2D eigenvalue weighted by atomic mass is 16.4. The number of hydrogen-bond donors (Lipinski definition) is 5. The Morgan fingerprint density at radius 2 is 1.72 bits per heavy atom. The van der Waals surface area contributed by atoms with Gasteiger partial charge < -0.3 is 32.1 Å². The molecule has 4 amide bonds. The van der Waals surface area contributed by atoms with E-state index in [1.807, 2.05) is 0 Å². The first-order chi connectivity index (χ1) is 15.1. The van der Waals surface area contributed by atoms with Crippen molar-refractivity contribution < 1.29 is 29.1 Å². The Kier molecular flexibility index (Phi) is 8.71. The van der Waals surface area contributed by atoms with E-state index in [1.165, 1.54) is 11.8 Å². The van der Waals surface area contributed by atoms with Crippen molar-refractivity contribution in [1.29, 1.82) is 0 Å². The minimum Gasteiger partial charge on any atom is -0.480 e. The second-order valence-electron chi connectivity index (χ2n) is 7.80. The maximum atomic E-state index is 13.2. The number of carbonyl (C=O) groups is 5. The zero-order chi connectivity index (χ0) is 23.8. The van der Waals surface area contributed by atoms with Crippen LogP contribution in [0.5, 0.6) is 0 Å². The van der Waals surface area contributed by atoms with Crippen LogP contribution < -0.4 is 22.1 Å². The fourth-order valence-corrected chi connectivity index (χ4v) is 3.52. The van der Waals surface area contributed by atoms with E-state index < -0.39 is 60.2 Å². The van der Waals surface area contributed by atoms with Gasteiger partial charge in [0.25, 0.3) is 0 Å². The molecule has 7 N–H and O–H groups in total. The number of primary amides is 1. The molecule has 0 radical (unpaired) electrons. The zero-order valence-corrected chi connectivity index (χ0v) is 17.8. The van der Waals surface area contributed by atoms with Gasteiger partial charge in [0.15, 0.2) is 0 Å². The van der Waals surface area contributed by atoms with Crippen molar-refractivity contribution in [2.75, 3.05) is 6.54 Å². The van der Waals surface area contributed by atoms with Gasteiger partial charge in [-0.3, -0.25) is 19.2 Å². The topological polar surface area (TPSA) is 185 Å². The Hall–Kier alpha value is -3.47. The normalized spacial score (nSPS) is 18.3. The maximum Gasteiger partial charge on any atom is 0.326 e. The van der Waals surface area contributed by atoms with E-state index in [9.17, 15) is 29.1 Å². The molecule has 1 fully saturated rings. The Labute approximate surface area is 185 Å². The quantitative estimate of drug-likeness (QED) is 0.289. The lowest BCUT2D eigenvalue weighted by atomic mass is 10.0. The number of hydrogen-bond acceptors (Lipinski definition) is 6. The van der Waals surface area contributed by atoms with E-state index in [-0.39, 0.29) is 13.0 Å². The molecule has 1 heterocycles. The third-order valence-corrected chi connectivity index (χ3v) is 5.17. The largest absolute Gasteiger partial charge is 0.480 e. The molecule has 4 unspecified atom stereocenters. The number of carbonyl (C=O) groups excluding carboxylic acids is 4. The molecule has 0 bridgehead atoms. The van der Waals surface area contributed by atoms with Gasteiger partial charge in [-0.1, -0.05) is 30.3 Å². The van der Waals surface area contributed by atoms with Crippen LogP contribution in [0.2, 0.25) is 0 Å². The van der Waals surface area contributed by atoms with Gasteiger partial charge in [0.05, 0.1) is 12.5 Å². The van der Waals surface area contributed by atoms with Crippen LogP contribution in [0, 0.1) is 0 Å². The molecule has 1 aliphatic rings. The summed E-state index contributed by atoms with van der Waals surface area (Å²) in [4.78, 5) is 62.3. The van der Waals surface area contributed by atoms with Crippen molar-refractivity contribution in [2.24, 2.45) is 11.5 Å². The predicted octanol–water partition coefficient (Wildman–Crippen LogP) is -1.50. The van der Waals surface area contributed by atoms with E-state index >= 15 is 0 Å². The summed E-state index contributed by atoms with van der Waals surface area (Å²) in [5.74, 6) is -3.95. The zero-order valence-electron chi connectivity index (χ0n) is 17.8. The van der Waals surface area contributed by atoms with E-state index in [1.54, 1.807) is 30.3 Å². The number of carboxylic acids is 1. The molecule has 2 rings (SSSR count). The molecule has 4 atom stereocenters. The second-order valence-corrected chi connectivity index (χ2v) is 7.80. The lowest BCUT2D eigenvalue weighted by molar-refractivity contribution is -0.149. The number of amides is 4. The number of likely N-dealkylation sites (tertiary alicyclic amines) is 1. The summed E-state index contributed by atoms with van der Waals surface area (Å²) in [5, 5.41) is 14.4. The second kappa shape index (κ2) is 11.2. The Morgan fingerprint density at radius 3 is 2.28 bits per heavy atom. The van der Waals surface area contributed by atoms with Crippen LogP contribution in [0.1, 0.15) is 31.7 Å². The molecule has 1 aromatic rings. The molecular formula is C21H29N5O6. The molecular weight excluding hydrogens is 418 g/mol. The highest BCUT2D eigenvalue weighted by Gasteiger charge is 2.38. The Bertz CT molecular complexity index is 859. The molecule has 0 saturated carbocycles. The minimum absolute atomic E-state index is 0.0960. The molecule has 1 aliphatic heterocycles. The number of carboxylic acid groups (broad SMARTS) is 1. The van der Waals surface area contributed by atoms with Crippen LogP contribution >= 0.6 is 0 Å². The molecule has 0 aliphatic carbocycles. The Balaban J connectivity index is 2.26. The van der Waals surface area contributed by atoms with Gasteiger partial charge in [-0.15, -0.1) is 0 Å². The van der Waals surface area contributed by atoms with Gasteiger partial charge in [-0.25, -0.2) is 4.79 Å². The lowest BCUT2D eigenvalue weighted by Gasteiger charge is -2.29. The van der Waals surface area contributed by atoms with Crippen molar-refractivity contribution in [2.45, 2.75) is 56.8 Å². The molecule has 1 aromatic carbocycles. The maximum absolute atomic E-state index is 13.2. The van der Waals surface area contributed by atoms with E-state index in [0.717, 1.165) is 5.56 Å². The SMILES string of the molecule is CC(N)C(=O)NC(CC(N)=O)C(=O)NC(Cc1ccccc1)C(=O)N1CCCC1C(=O)O. The molecule has 32 heavy (non-hydrogen) atoms. The summed E-state index contributed by atoms with van der Waals surface area (Å²) in [5.41, 5.74) is 11.5. The van der Waals surface area contributed by atoms with Crippen LogP contribution in [-0.2, 0) is 30.4 Å². The van der Waals surface area contributed by atoms with Crippen LogP contribution in [0.3, 0.4) is 0 Å². The number of nitrogens with one attached hydrogen (secondary N) is 2. The monoisotopic (exact) mass is 447 g/mol. The first kappa shape index (κ1) is 24.8. The predicted molar refractivity (Wildman–Crippen MR) is 114 cm³/mol. The highest BCUT2D eigenvalue weighted by Crippen LogP contribution is 2.19. The van der Waals surface area contributed by atoms with Crippen LogP contribution in [0.15, 0.2) is 30.3 Å². The standard InChI is InChI=1S/C21H29N5O6/c1-12(22)18(28)24-14(11-17(23)27)19(29)25-15(10-13-6-3-2-4-7-13)20(30)26-9-5-8-16(26)21(31)32/h2-4,6-7,12,14-16H,5,8-11,22H2,1H3,(H2,23,27)(H,24,28)(H,25,29)(H,31,32). The van der Waals surface area contributed by atoms with Crippen LogP contribution in [0.25, 0.3) is 0 Å². The first-order valence-corrected chi connectivity index (χ1v) is 10.3. The summed E-state index contributed by atoms with van der Waals surface area (Å²) < 4.78 is 0. The van der Waals surface area contributed by atoms with Gasteiger partial charge >= 0.3 is 5.97 Å². The minimum atomic E-state index is -1.33. The van der Waals surface area contributed by atoms with Gasteiger partial charge in [0.1, 0.15) is 18.1 Å². The summed E-state index contributed by atoms with van der Waals surface area (Å²) in [6.07, 6.45) is 0.460. The van der Waals surface area contributed by atoms with Crippen molar-refractivity contribution in [1.82, 2.24) is 15.5 Å². The highest BCUT2D eigenvalue weighted by molar-refractivity contribution is 5.96. The van der Waals surface area contributed by atoms with Crippen molar-refractivity contribution >= 4 is 29.6 Å². The lowest BCUT2D eigenvalue weighted by Crippen LogP contribution is -2.58. The van der Waals surface area contributed by atoms with Crippen molar-refractivity contribution in [3.63, 3.8) is 0 Å². The van der Waals surface area contributed by atoms with Gasteiger partial charge in [0.2, 0.25) is 23.6 Å². The Morgan fingerprint density at radius 1 is 1.09 bits per heavy atom. The van der Waals surface area contributed by atoms with Crippen molar-refractivity contribution in [3.05, 3.63) is 35.9 Å². The smallest absolute Gasteiger partial charge is 0.326 e. The van der Waals surface area contributed by atoms with Gasteiger partial charge in [-0.2, -0.15) is 0 Å². The average Bonchev–Trinajstić information content (AvgIpc) is 3.22. The first-order valence-electron chi connectivity index (χ1n) is 10.3. The van der Waals surface area contributed by atoms with E-state index in [0.29, 0.717) is 12.8 Å². The molecule has 11 heteroatoms. The third kappa shape index (κ3) is 6.77. The molecule has 0 spiro atoms. The van der Waals surface area contributed by atoms with Gasteiger partial charge in [-0.05, 0) is 25.3 Å². The average molecular weight is 447 g/mol. The molecule has 0 aromatic heterocycles.